The molecule has 1 aliphatic rings. The van der Waals surface area contributed by atoms with E-state index in [2.05, 4.69) is 0 Å². The number of carboxylic acid groups (broad SMARTS) is 1. The highest BCUT2D eigenvalue weighted by Crippen LogP contribution is 2.29. The van der Waals surface area contributed by atoms with Gasteiger partial charge in [0.15, 0.2) is 0 Å². The quantitative estimate of drug-likeness (QED) is 0.835. The van der Waals surface area contributed by atoms with Gasteiger partial charge in [-0.05, 0) is 30.9 Å². The molecule has 1 aliphatic carbocycles. The molecule has 1 fully saturated rings. The summed E-state index contributed by atoms with van der Waals surface area (Å²) in [6.45, 7) is 0.877. The third-order valence-electron chi connectivity index (χ3n) is 2.61. The maximum atomic E-state index is 13.4. The van der Waals surface area contributed by atoms with Gasteiger partial charge in [0, 0.05) is 12.2 Å². The van der Waals surface area contributed by atoms with E-state index in [0.717, 1.165) is 6.07 Å². The van der Waals surface area contributed by atoms with Crippen molar-refractivity contribution in [2.45, 2.75) is 19.4 Å². The Hall–Kier alpha value is -1.42. The topological polar surface area (TPSA) is 46.5 Å². The van der Waals surface area contributed by atoms with Crippen molar-refractivity contribution in [1.29, 1.82) is 0 Å². The van der Waals surface area contributed by atoms with Gasteiger partial charge in [-0.3, -0.25) is 0 Å². The fraction of sp³-hybridized carbons (Fsp3) is 0.417. The summed E-state index contributed by atoms with van der Waals surface area (Å²) in [5, 5.41) is 8.66. The Kier molecular flexibility index (Phi) is 3.19. The number of hydrogen-bond donors (Lipinski definition) is 1. The number of ether oxygens (including phenoxy) is 1. The first-order valence-corrected chi connectivity index (χ1v) is 5.26. The first-order chi connectivity index (χ1) is 7.66. The summed E-state index contributed by atoms with van der Waals surface area (Å²) in [6, 6.07) is 3.88. The molecule has 0 aromatic heterocycles. The number of carboxylic acids is 1. The second-order valence-electron chi connectivity index (χ2n) is 4.07. The van der Waals surface area contributed by atoms with Crippen molar-refractivity contribution in [3.05, 3.63) is 35.1 Å². The van der Waals surface area contributed by atoms with Gasteiger partial charge in [0.05, 0.1) is 12.2 Å². The Bertz CT molecular complexity index is 399. The highest BCUT2D eigenvalue weighted by atomic mass is 19.1. The Morgan fingerprint density at radius 2 is 2.25 bits per heavy atom. The number of aromatic carboxylic acids is 1. The van der Waals surface area contributed by atoms with Crippen LogP contribution in [0.1, 0.15) is 28.8 Å². The fourth-order valence-electron chi connectivity index (χ4n) is 1.42. The molecule has 0 radical (unpaired) electrons. The van der Waals surface area contributed by atoms with Crippen molar-refractivity contribution in [3.63, 3.8) is 0 Å². The molecule has 0 unspecified atom stereocenters. The summed E-state index contributed by atoms with van der Waals surface area (Å²) in [6.07, 6.45) is 2.39. The number of carbonyl (C=O) groups is 1. The maximum Gasteiger partial charge on any atom is 0.335 e. The second kappa shape index (κ2) is 4.61. The van der Waals surface area contributed by atoms with Crippen molar-refractivity contribution in [3.8, 4) is 0 Å². The smallest absolute Gasteiger partial charge is 0.335 e. The van der Waals surface area contributed by atoms with Gasteiger partial charge >= 0.3 is 5.97 Å². The SMILES string of the molecule is O=C(O)c1ccc(COCC2CC2)c(F)c1. The van der Waals surface area contributed by atoms with Gasteiger partial charge in [-0.15, -0.1) is 0 Å². The van der Waals surface area contributed by atoms with Crippen LogP contribution in [0.5, 0.6) is 0 Å². The predicted molar refractivity (Wildman–Crippen MR) is 55.7 cm³/mol. The van der Waals surface area contributed by atoms with Gasteiger partial charge in [-0.25, -0.2) is 9.18 Å². The summed E-state index contributed by atoms with van der Waals surface area (Å²) >= 11 is 0. The average Bonchev–Trinajstić information content (AvgIpc) is 3.04. The van der Waals surface area contributed by atoms with Gasteiger partial charge in [0.2, 0.25) is 0 Å². The molecule has 4 heteroatoms. The molecule has 0 amide bonds. The highest BCUT2D eigenvalue weighted by Gasteiger charge is 2.21. The normalized spacial score (nSPS) is 15.1. The van der Waals surface area contributed by atoms with Crippen molar-refractivity contribution < 1.29 is 19.0 Å². The molecule has 1 aromatic rings. The van der Waals surface area contributed by atoms with E-state index >= 15 is 0 Å². The van der Waals surface area contributed by atoms with Gasteiger partial charge in [-0.1, -0.05) is 6.07 Å². The molecule has 1 saturated carbocycles. The molecule has 0 bridgehead atoms. The Balaban J connectivity index is 1.95. The predicted octanol–water partition coefficient (Wildman–Crippen LogP) is 2.45. The van der Waals surface area contributed by atoms with Gasteiger partial charge in [0.25, 0.3) is 0 Å². The lowest BCUT2D eigenvalue weighted by Crippen LogP contribution is -2.02. The Morgan fingerprint density at radius 1 is 1.50 bits per heavy atom. The van der Waals surface area contributed by atoms with Crippen LogP contribution in [-0.4, -0.2) is 17.7 Å². The lowest BCUT2D eigenvalue weighted by atomic mass is 10.1. The molecule has 0 heterocycles. The molecular weight excluding hydrogens is 211 g/mol. The highest BCUT2D eigenvalue weighted by molar-refractivity contribution is 5.87. The van der Waals surface area contributed by atoms with Crippen LogP contribution in [0.2, 0.25) is 0 Å². The summed E-state index contributed by atoms with van der Waals surface area (Å²) in [7, 11) is 0. The van der Waals surface area contributed by atoms with Crippen molar-refractivity contribution >= 4 is 5.97 Å². The van der Waals surface area contributed by atoms with E-state index < -0.39 is 11.8 Å². The summed E-state index contributed by atoms with van der Waals surface area (Å²) in [4.78, 5) is 10.6. The lowest BCUT2D eigenvalue weighted by Gasteiger charge is -2.05. The summed E-state index contributed by atoms with van der Waals surface area (Å²) in [5.41, 5.74) is 0.370. The second-order valence-corrected chi connectivity index (χ2v) is 4.07. The van der Waals surface area contributed by atoms with E-state index in [-0.39, 0.29) is 12.2 Å². The average molecular weight is 224 g/mol. The first kappa shape index (κ1) is 11.1. The fourth-order valence-corrected chi connectivity index (χ4v) is 1.42. The number of rotatable bonds is 5. The molecule has 1 N–H and O–H groups in total. The zero-order chi connectivity index (χ0) is 11.5. The molecule has 1 aromatic carbocycles. The van der Waals surface area contributed by atoms with Crippen LogP contribution in [0.4, 0.5) is 4.39 Å². The van der Waals surface area contributed by atoms with Crippen LogP contribution in [0.3, 0.4) is 0 Å². The molecule has 0 aliphatic heterocycles. The Morgan fingerprint density at radius 3 is 2.81 bits per heavy atom. The molecule has 2 rings (SSSR count). The first-order valence-electron chi connectivity index (χ1n) is 5.26. The van der Waals surface area contributed by atoms with Crippen molar-refractivity contribution in [1.82, 2.24) is 0 Å². The van der Waals surface area contributed by atoms with Crippen molar-refractivity contribution in [2.24, 2.45) is 5.92 Å². The van der Waals surface area contributed by atoms with Crippen LogP contribution in [-0.2, 0) is 11.3 Å². The van der Waals surface area contributed by atoms with Crippen LogP contribution < -0.4 is 0 Å². The number of hydrogen-bond acceptors (Lipinski definition) is 2. The maximum absolute atomic E-state index is 13.4. The van der Waals surface area contributed by atoms with E-state index in [1.165, 1.54) is 25.0 Å². The lowest BCUT2D eigenvalue weighted by molar-refractivity contribution is 0.0696. The zero-order valence-corrected chi connectivity index (χ0v) is 8.78. The molecular formula is C12H13FO3. The standard InChI is InChI=1S/C12H13FO3/c13-11-5-9(12(14)15)3-4-10(11)7-16-6-8-1-2-8/h3-5,8H,1-2,6-7H2,(H,14,15). The molecule has 3 nitrogen and oxygen atoms in total. The minimum Gasteiger partial charge on any atom is -0.478 e. The minimum atomic E-state index is -1.12. The van der Waals surface area contributed by atoms with E-state index in [0.29, 0.717) is 18.1 Å². The van der Waals surface area contributed by atoms with Gasteiger partial charge in [0.1, 0.15) is 5.82 Å². The van der Waals surface area contributed by atoms with Crippen LogP contribution in [0.15, 0.2) is 18.2 Å². The molecule has 0 saturated heterocycles. The van der Waals surface area contributed by atoms with Crippen LogP contribution in [0, 0.1) is 11.7 Å². The summed E-state index contributed by atoms with van der Waals surface area (Å²) in [5.74, 6) is -0.999. The van der Waals surface area contributed by atoms with E-state index in [1.54, 1.807) is 0 Å². The van der Waals surface area contributed by atoms with Gasteiger partial charge < -0.3 is 9.84 Å². The number of benzene rings is 1. The number of halogens is 1. The molecule has 16 heavy (non-hydrogen) atoms. The van der Waals surface area contributed by atoms with Crippen LogP contribution >= 0.6 is 0 Å². The van der Waals surface area contributed by atoms with E-state index in [4.69, 9.17) is 9.84 Å². The van der Waals surface area contributed by atoms with Crippen LogP contribution in [0.25, 0.3) is 0 Å². The zero-order valence-electron chi connectivity index (χ0n) is 8.78. The third-order valence-corrected chi connectivity index (χ3v) is 2.61. The third kappa shape index (κ3) is 2.79. The molecule has 86 valence electrons. The minimum absolute atomic E-state index is 0.0385. The van der Waals surface area contributed by atoms with E-state index in [1.807, 2.05) is 0 Å². The molecule has 0 atom stereocenters. The Labute approximate surface area is 92.9 Å². The summed E-state index contributed by atoms with van der Waals surface area (Å²) < 4.78 is 18.7. The van der Waals surface area contributed by atoms with E-state index in [9.17, 15) is 9.18 Å². The van der Waals surface area contributed by atoms with Gasteiger partial charge in [-0.2, -0.15) is 0 Å². The molecule has 0 spiro atoms. The van der Waals surface area contributed by atoms with Crippen molar-refractivity contribution in [2.75, 3.05) is 6.61 Å². The monoisotopic (exact) mass is 224 g/mol. The largest absolute Gasteiger partial charge is 0.478 e.